The van der Waals surface area contributed by atoms with Crippen molar-refractivity contribution in [2.45, 2.75) is 6.54 Å². The molecule has 0 fully saturated rings. The minimum atomic E-state index is -0.557. The van der Waals surface area contributed by atoms with E-state index in [1.54, 1.807) is 16.7 Å². The Morgan fingerprint density at radius 1 is 1.41 bits per heavy atom. The molecule has 0 amide bonds. The molecule has 17 heavy (non-hydrogen) atoms. The van der Waals surface area contributed by atoms with Gasteiger partial charge < -0.3 is 14.7 Å². The Morgan fingerprint density at radius 3 is 2.76 bits per heavy atom. The molecule has 0 saturated heterocycles. The zero-order valence-electron chi connectivity index (χ0n) is 8.38. The lowest BCUT2D eigenvalue weighted by Gasteiger charge is -2.03. The lowest BCUT2D eigenvalue weighted by molar-refractivity contribution is -0.389. The summed E-state index contributed by atoms with van der Waals surface area (Å²) in [7, 11) is 0. The van der Waals surface area contributed by atoms with E-state index in [1.807, 2.05) is 0 Å². The summed E-state index contributed by atoms with van der Waals surface area (Å²) in [6.45, 7) is 0.351. The number of imidazole rings is 1. The van der Waals surface area contributed by atoms with E-state index in [2.05, 4.69) is 9.97 Å². The van der Waals surface area contributed by atoms with E-state index < -0.39 is 4.92 Å². The van der Waals surface area contributed by atoms with Crippen LogP contribution in [0.5, 0.6) is 0 Å². The first-order chi connectivity index (χ1) is 8.06. The van der Waals surface area contributed by atoms with Crippen LogP contribution in [0, 0.1) is 10.1 Å². The molecule has 0 aliphatic rings. The highest BCUT2D eigenvalue weighted by Crippen LogP contribution is 2.18. The van der Waals surface area contributed by atoms with Gasteiger partial charge in [-0.3, -0.25) is 0 Å². The van der Waals surface area contributed by atoms with Crippen molar-refractivity contribution in [1.29, 1.82) is 0 Å². The van der Waals surface area contributed by atoms with Crippen molar-refractivity contribution in [3.8, 4) is 0 Å². The molecule has 6 nitrogen and oxygen atoms in total. The monoisotopic (exact) mass is 272 g/mol. The van der Waals surface area contributed by atoms with Crippen LogP contribution in [-0.2, 0) is 6.54 Å². The van der Waals surface area contributed by atoms with Gasteiger partial charge in [0.2, 0.25) is 6.33 Å². The van der Waals surface area contributed by atoms with Gasteiger partial charge in [0.15, 0.2) is 0 Å². The van der Waals surface area contributed by atoms with Crippen LogP contribution in [-0.4, -0.2) is 19.5 Å². The predicted molar refractivity (Wildman–Crippen MR) is 62.2 cm³/mol. The molecule has 2 heterocycles. The molecule has 0 aliphatic carbocycles. The molecule has 0 aliphatic heterocycles. The van der Waals surface area contributed by atoms with Crippen LogP contribution < -0.4 is 0 Å². The molecule has 88 valence electrons. The zero-order chi connectivity index (χ0) is 12.4. The van der Waals surface area contributed by atoms with Crippen LogP contribution in [0.1, 0.15) is 5.56 Å². The molecule has 0 aromatic carbocycles. The average molecular weight is 273 g/mol. The number of hydrogen-bond acceptors (Lipinski definition) is 4. The average Bonchev–Trinajstić information content (AvgIpc) is 2.71. The maximum absolute atomic E-state index is 10.5. The number of hydrogen-bond donors (Lipinski definition) is 0. The second-order valence-electron chi connectivity index (χ2n) is 3.25. The number of aromatic nitrogens is 3. The fourth-order valence-corrected chi connectivity index (χ4v) is 1.69. The summed E-state index contributed by atoms with van der Waals surface area (Å²) in [5.74, 6) is -0.206. The third-order valence-corrected chi connectivity index (χ3v) is 2.59. The summed E-state index contributed by atoms with van der Waals surface area (Å²) in [5.41, 5.74) is 0.711. The van der Waals surface area contributed by atoms with Gasteiger partial charge in [-0.2, -0.15) is 0 Å². The molecule has 0 bridgehead atoms. The highest BCUT2D eigenvalue weighted by Gasteiger charge is 2.11. The minimum absolute atomic E-state index is 0.206. The van der Waals surface area contributed by atoms with Crippen molar-refractivity contribution < 1.29 is 4.92 Å². The standard InChI is InChI=1S/C9H6Cl2N4O2/c10-7-2-1-6(9(11)13-7)3-14-4-8(12-5-14)15(16)17/h1-2,4-5H,3H2. The van der Waals surface area contributed by atoms with Crippen molar-refractivity contribution in [2.75, 3.05) is 0 Å². The van der Waals surface area contributed by atoms with Crippen LogP contribution in [0.4, 0.5) is 5.82 Å². The second-order valence-corrected chi connectivity index (χ2v) is 3.99. The van der Waals surface area contributed by atoms with E-state index in [1.165, 1.54) is 12.5 Å². The summed E-state index contributed by atoms with van der Waals surface area (Å²) in [6, 6.07) is 3.32. The van der Waals surface area contributed by atoms with Crippen molar-refractivity contribution in [2.24, 2.45) is 0 Å². The zero-order valence-corrected chi connectivity index (χ0v) is 9.89. The van der Waals surface area contributed by atoms with Gasteiger partial charge in [-0.25, -0.2) is 4.98 Å². The number of halogens is 2. The van der Waals surface area contributed by atoms with Gasteiger partial charge in [-0.05, 0) is 16.0 Å². The Kier molecular flexibility index (Phi) is 3.26. The smallest absolute Gasteiger partial charge is 0.358 e. The second kappa shape index (κ2) is 4.68. The first-order valence-electron chi connectivity index (χ1n) is 4.53. The normalized spacial score (nSPS) is 10.5. The molecule has 0 atom stereocenters. The molecule has 2 aromatic rings. The topological polar surface area (TPSA) is 73.8 Å². The highest BCUT2D eigenvalue weighted by molar-refractivity contribution is 6.32. The number of rotatable bonds is 3. The molecule has 2 rings (SSSR count). The molecule has 0 saturated carbocycles. The molecule has 0 N–H and O–H groups in total. The van der Waals surface area contributed by atoms with Crippen LogP contribution in [0.3, 0.4) is 0 Å². The quantitative estimate of drug-likeness (QED) is 0.489. The molecule has 8 heteroatoms. The van der Waals surface area contributed by atoms with E-state index in [0.717, 1.165) is 0 Å². The number of nitro groups is 1. The summed E-state index contributed by atoms with van der Waals surface area (Å²) in [5, 5.41) is 11.0. The largest absolute Gasteiger partial charge is 0.381 e. The van der Waals surface area contributed by atoms with Crippen LogP contribution in [0.2, 0.25) is 10.3 Å². The minimum Gasteiger partial charge on any atom is -0.358 e. The van der Waals surface area contributed by atoms with Gasteiger partial charge in [0.1, 0.15) is 16.5 Å². The summed E-state index contributed by atoms with van der Waals surface area (Å²) in [4.78, 5) is 17.4. The van der Waals surface area contributed by atoms with E-state index in [0.29, 0.717) is 17.3 Å². The SMILES string of the molecule is O=[N+]([O-])c1cn(Cc2ccc(Cl)nc2Cl)cn1. The number of nitrogens with zero attached hydrogens (tertiary/aromatic N) is 4. The van der Waals surface area contributed by atoms with Gasteiger partial charge in [-0.1, -0.05) is 29.3 Å². The predicted octanol–water partition coefficient (Wildman–Crippen LogP) is 2.54. The van der Waals surface area contributed by atoms with E-state index in [-0.39, 0.29) is 11.0 Å². The first kappa shape index (κ1) is 11.8. The third kappa shape index (κ3) is 2.72. The van der Waals surface area contributed by atoms with E-state index in [9.17, 15) is 10.1 Å². The van der Waals surface area contributed by atoms with Crippen molar-refractivity contribution in [3.05, 3.63) is 50.6 Å². The number of pyridine rings is 1. The van der Waals surface area contributed by atoms with Gasteiger partial charge in [0, 0.05) is 5.56 Å². The molecule has 0 unspecified atom stereocenters. The fourth-order valence-electron chi connectivity index (χ4n) is 1.28. The fraction of sp³-hybridized carbons (Fsp3) is 0.111. The lowest BCUT2D eigenvalue weighted by Crippen LogP contribution is -1.98. The maximum atomic E-state index is 10.5. The molecule has 0 spiro atoms. The maximum Gasteiger partial charge on any atom is 0.381 e. The molecule has 2 aromatic heterocycles. The van der Waals surface area contributed by atoms with Crippen molar-refractivity contribution >= 4 is 29.0 Å². The molecular weight excluding hydrogens is 267 g/mol. The molecular formula is C9H6Cl2N4O2. The van der Waals surface area contributed by atoms with Gasteiger partial charge in [0.05, 0.1) is 6.54 Å². The Labute approximate surface area is 106 Å². The van der Waals surface area contributed by atoms with Crippen LogP contribution in [0.15, 0.2) is 24.7 Å². The summed E-state index contributed by atoms with van der Waals surface area (Å²) >= 11 is 11.5. The summed E-state index contributed by atoms with van der Waals surface area (Å²) in [6.07, 6.45) is 2.69. The Hall–Kier alpha value is -1.66. The van der Waals surface area contributed by atoms with Crippen molar-refractivity contribution in [3.63, 3.8) is 0 Å². The third-order valence-electron chi connectivity index (χ3n) is 2.05. The first-order valence-corrected chi connectivity index (χ1v) is 5.29. The Bertz CT molecular complexity index is 570. The van der Waals surface area contributed by atoms with Gasteiger partial charge in [-0.15, -0.1) is 0 Å². The molecule has 0 radical (unpaired) electrons. The van der Waals surface area contributed by atoms with Gasteiger partial charge in [0.25, 0.3) is 0 Å². The lowest BCUT2D eigenvalue weighted by atomic mass is 10.3. The summed E-state index contributed by atoms with van der Waals surface area (Å²) < 4.78 is 1.55. The Morgan fingerprint density at radius 2 is 2.18 bits per heavy atom. The van der Waals surface area contributed by atoms with Crippen LogP contribution in [0.25, 0.3) is 0 Å². The Balaban J connectivity index is 2.22. The van der Waals surface area contributed by atoms with Crippen molar-refractivity contribution in [1.82, 2.24) is 14.5 Å². The highest BCUT2D eigenvalue weighted by atomic mass is 35.5. The van der Waals surface area contributed by atoms with Crippen LogP contribution >= 0.6 is 23.2 Å². The van der Waals surface area contributed by atoms with Gasteiger partial charge >= 0.3 is 5.82 Å². The van der Waals surface area contributed by atoms with E-state index >= 15 is 0 Å². The van der Waals surface area contributed by atoms with E-state index in [4.69, 9.17) is 23.2 Å².